The topological polar surface area (TPSA) is 112 Å². The van der Waals surface area contributed by atoms with E-state index in [1.165, 1.54) is 0 Å². The van der Waals surface area contributed by atoms with Gasteiger partial charge in [-0.15, -0.1) is 0 Å². The molecule has 0 aromatic heterocycles. The van der Waals surface area contributed by atoms with Gasteiger partial charge in [0.15, 0.2) is 0 Å². The summed E-state index contributed by atoms with van der Waals surface area (Å²) in [5.41, 5.74) is 2.13. The summed E-state index contributed by atoms with van der Waals surface area (Å²) in [4.78, 5) is 0.677. The summed E-state index contributed by atoms with van der Waals surface area (Å²) < 4.78 is 41.2. The van der Waals surface area contributed by atoms with E-state index in [-0.39, 0.29) is 25.0 Å². The van der Waals surface area contributed by atoms with Gasteiger partial charge in [0.25, 0.3) is 0 Å². The van der Waals surface area contributed by atoms with E-state index in [1.54, 1.807) is 48.5 Å². The molecule has 0 amide bonds. The summed E-state index contributed by atoms with van der Waals surface area (Å²) in [7, 11) is 0. The molecule has 2 N–H and O–H groups in total. The number of hydrogen-bond donors (Lipinski definition) is 0. The van der Waals surface area contributed by atoms with E-state index in [0.29, 0.717) is 9.79 Å². The Bertz CT molecular complexity index is 544. The Balaban J connectivity index is 0. The molecule has 2 atom stereocenters. The van der Waals surface area contributed by atoms with Gasteiger partial charge in [-0.2, -0.15) is 0 Å². The van der Waals surface area contributed by atoms with E-state index in [2.05, 4.69) is 0 Å². The van der Waals surface area contributed by atoms with Crippen LogP contribution in [0.25, 0.3) is 0 Å². The normalized spacial score (nSPS) is 11.8. The van der Waals surface area contributed by atoms with E-state index < -0.39 is 22.2 Å². The molecule has 0 saturated carbocycles. The maximum absolute atomic E-state index is 10.3. The van der Waals surface area contributed by atoms with Crippen molar-refractivity contribution in [3.63, 3.8) is 0 Å². The van der Waals surface area contributed by atoms with Crippen LogP contribution in [0, 0.1) is 13.8 Å². The molecule has 2 unspecified atom stereocenters. The molecule has 2 rings (SSSR count). The maximum Gasteiger partial charge on any atom is 2.00 e. The summed E-state index contributed by atoms with van der Waals surface area (Å²) in [5.74, 6) is 0. The first-order chi connectivity index (χ1) is 9.40. The van der Waals surface area contributed by atoms with E-state index in [0.717, 1.165) is 11.1 Å². The summed E-state index contributed by atoms with van der Waals surface area (Å²) in [6, 6.07) is 13.4. The zero-order chi connectivity index (χ0) is 15.1. The van der Waals surface area contributed by atoms with Gasteiger partial charge in [-0.25, -0.2) is 0 Å². The number of aryl methyl sites for hydroxylation is 2. The Kier molecular flexibility index (Phi) is 12.6. The Morgan fingerprint density at radius 1 is 0.682 bits per heavy atom. The molecule has 0 aliphatic heterocycles. The van der Waals surface area contributed by atoms with Crippen LogP contribution in [-0.4, -0.2) is 23.0 Å². The summed E-state index contributed by atoms with van der Waals surface area (Å²) in [6.07, 6.45) is 0. The molecule has 2 aromatic rings. The maximum atomic E-state index is 10.3. The molecule has 5 nitrogen and oxygen atoms in total. The smallest absolute Gasteiger partial charge is 0.768 e. The first kappa shape index (κ1) is 23.5. The van der Waals surface area contributed by atoms with Gasteiger partial charge in [0, 0.05) is 9.79 Å². The van der Waals surface area contributed by atoms with Gasteiger partial charge in [0.2, 0.25) is 0 Å². The second-order valence-corrected chi connectivity index (χ2v) is 5.98. The van der Waals surface area contributed by atoms with Crippen molar-refractivity contribution in [2.45, 2.75) is 23.6 Å². The van der Waals surface area contributed by atoms with Crippen molar-refractivity contribution in [2.24, 2.45) is 0 Å². The van der Waals surface area contributed by atoms with Gasteiger partial charge in [-0.3, -0.25) is 8.42 Å². The van der Waals surface area contributed by atoms with Crippen molar-refractivity contribution in [1.82, 2.24) is 0 Å². The summed E-state index contributed by atoms with van der Waals surface area (Å²) in [5, 5.41) is 0. The third-order valence-electron chi connectivity index (χ3n) is 2.43. The van der Waals surface area contributed by atoms with Crippen molar-refractivity contribution in [3.05, 3.63) is 59.7 Å². The quantitative estimate of drug-likeness (QED) is 0.570. The Hall–Kier alpha value is -0.757. The molecule has 0 saturated heterocycles. The van der Waals surface area contributed by atoms with Gasteiger partial charge in [0.05, 0.1) is 0 Å². The Morgan fingerprint density at radius 2 is 0.909 bits per heavy atom. The zero-order valence-electron chi connectivity index (χ0n) is 12.3. The van der Waals surface area contributed by atoms with Crippen molar-refractivity contribution < 1.29 is 42.5 Å². The summed E-state index contributed by atoms with van der Waals surface area (Å²) in [6.45, 7) is 3.83. The first-order valence-corrected chi connectivity index (χ1v) is 7.87. The van der Waals surface area contributed by atoms with Crippen LogP contribution in [0.3, 0.4) is 0 Å². The van der Waals surface area contributed by atoms with Crippen LogP contribution < -0.4 is 0 Å². The monoisotopic (exact) mass is 392 g/mol. The minimum Gasteiger partial charge on any atom is -0.768 e. The van der Waals surface area contributed by atoms with Crippen LogP contribution in [0.4, 0.5) is 0 Å². The van der Waals surface area contributed by atoms with Gasteiger partial charge in [-0.05, 0) is 60.3 Å². The molecule has 8 heteroatoms. The predicted molar refractivity (Wildman–Crippen MR) is 80.3 cm³/mol. The van der Waals surface area contributed by atoms with E-state index >= 15 is 0 Å². The van der Waals surface area contributed by atoms with Gasteiger partial charge in [-0.1, -0.05) is 35.4 Å². The molecule has 0 heterocycles. The van der Waals surface area contributed by atoms with Gasteiger partial charge >= 0.3 is 19.5 Å². The standard InChI is InChI=1S/2C7H8O2S.H2O.Zn/c2*1-6-2-4-7(5-3-6)10(8)9;;/h2*2-5H,1H3,(H,8,9);1H2;/q;;;+2/p-2. The van der Waals surface area contributed by atoms with Crippen LogP contribution >= 0.6 is 0 Å². The molecule has 0 radical (unpaired) electrons. The predicted octanol–water partition coefficient (Wildman–Crippen LogP) is 1.64. The molecule has 0 bridgehead atoms. The van der Waals surface area contributed by atoms with Crippen molar-refractivity contribution >= 4 is 22.2 Å². The van der Waals surface area contributed by atoms with Crippen LogP contribution in [-0.2, 0) is 41.6 Å². The molecular weight excluding hydrogens is 378 g/mol. The van der Waals surface area contributed by atoms with Crippen LogP contribution in [0.2, 0.25) is 0 Å². The van der Waals surface area contributed by atoms with Crippen LogP contribution in [0.15, 0.2) is 58.3 Å². The molecule has 0 spiro atoms. The molecular formula is C14H16O5S2Zn. The van der Waals surface area contributed by atoms with Crippen LogP contribution in [0.5, 0.6) is 0 Å². The first-order valence-electron chi connectivity index (χ1n) is 5.72. The van der Waals surface area contributed by atoms with E-state index in [4.69, 9.17) is 0 Å². The fourth-order valence-corrected chi connectivity index (χ4v) is 2.02. The number of rotatable bonds is 2. The zero-order valence-corrected chi connectivity index (χ0v) is 16.9. The molecule has 22 heavy (non-hydrogen) atoms. The second-order valence-electron chi connectivity index (χ2n) is 4.10. The Morgan fingerprint density at radius 3 is 1.09 bits per heavy atom. The average molecular weight is 394 g/mol. The second kappa shape index (κ2) is 11.8. The molecule has 2 aromatic carbocycles. The third-order valence-corrected chi connectivity index (χ3v) is 3.74. The average Bonchev–Trinajstić information content (AvgIpc) is 2.40. The number of hydrogen-bond acceptors (Lipinski definition) is 4. The van der Waals surface area contributed by atoms with Crippen molar-refractivity contribution in [1.29, 1.82) is 0 Å². The molecule has 0 aliphatic rings. The SMILES string of the molecule is Cc1ccc(S(=O)[O-])cc1.Cc1ccc(S(=O)[O-])cc1.O.[Zn+2]. The van der Waals surface area contributed by atoms with Gasteiger partial charge in [0.1, 0.15) is 0 Å². The van der Waals surface area contributed by atoms with Gasteiger partial charge < -0.3 is 14.6 Å². The van der Waals surface area contributed by atoms with Crippen molar-refractivity contribution in [2.75, 3.05) is 0 Å². The minimum absolute atomic E-state index is 0. The Labute approximate surface area is 147 Å². The number of benzene rings is 2. The largest absolute Gasteiger partial charge is 2.00 e. The molecule has 0 fully saturated rings. The van der Waals surface area contributed by atoms with E-state index in [9.17, 15) is 17.5 Å². The third kappa shape index (κ3) is 8.63. The van der Waals surface area contributed by atoms with E-state index in [1.807, 2.05) is 13.8 Å². The van der Waals surface area contributed by atoms with Crippen molar-refractivity contribution in [3.8, 4) is 0 Å². The summed E-state index contributed by atoms with van der Waals surface area (Å²) >= 11 is -4.17. The molecule has 116 valence electrons. The molecule has 0 aliphatic carbocycles. The fourth-order valence-electron chi connectivity index (χ4n) is 1.30. The van der Waals surface area contributed by atoms with Crippen LogP contribution in [0.1, 0.15) is 11.1 Å². The minimum atomic E-state index is -2.09. The fraction of sp³-hybridized carbons (Fsp3) is 0.143.